The van der Waals surface area contributed by atoms with Crippen molar-refractivity contribution in [2.45, 2.75) is 26.2 Å². The van der Waals surface area contributed by atoms with E-state index in [0.29, 0.717) is 16.8 Å². The molecular formula is C20H21NO4. The van der Waals surface area contributed by atoms with Crippen molar-refractivity contribution in [3.05, 3.63) is 65.2 Å². The van der Waals surface area contributed by atoms with Crippen LogP contribution < -0.4 is 0 Å². The lowest BCUT2D eigenvalue weighted by molar-refractivity contribution is 0.398. The van der Waals surface area contributed by atoms with Crippen molar-refractivity contribution >= 4 is 0 Å². The number of rotatable bonds is 4. The molecule has 0 amide bonds. The van der Waals surface area contributed by atoms with Crippen molar-refractivity contribution in [2.24, 2.45) is 0 Å². The van der Waals surface area contributed by atoms with Crippen LogP contribution in [0.3, 0.4) is 0 Å². The SMILES string of the molecule is CCC(c1ccc(O)cc1)c1c(C)c(O)n(-c2ccc(O)cc2)c1O. The molecule has 1 heterocycles. The van der Waals surface area contributed by atoms with Gasteiger partial charge < -0.3 is 20.4 Å². The van der Waals surface area contributed by atoms with E-state index >= 15 is 0 Å². The molecular weight excluding hydrogens is 318 g/mol. The van der Waals surface area contributed by atoms with E-state index < -0.39 is 0 Å². The minimum absolute atomic E-state index is 0.0272. The molecule has 0 saturated heterocycles. The number of nitrogens with zero attached hydrogens (tertiary/aromatic N) is 1. The van der Waals surface area contributed by atoms with E-state index in [4.69, 9.17) is 0 Å². The van der Waals surface area contributed by atoms with Crippen LogP contribution in [0.4, 0.5) is 0 Å². The van der Waals surface area contributed by atoms with Crippen molar-refractivity contribution in [2.75, 3.05) is 0 Å². The van der Waals surface area contributed by atoms with Crippen molar-refractivity contribution in [1.82, 2.24) is 4.57 Å². The van der Waals surface area contributed by atoms with Crippen LogP contribution in [0.1, 0.15) is 36.0 Å². The second kappa shape index (κ2) is 6.43. The van der Waals surface area contributed by atoms with E-state index in [0.717, 1.165) is 12.0 Å². The molecule has 0 saturated carbocycles. The topological polar surface area (TPSA) is 85.9 Å². The van der Waals surface area contributed by atoms with Crippen LogP contribution in [0.5, 0.6) is 23.3 Å². The summed E-state index contributed by atoms with van der Waals surface area (Å²) in [5.74, 6) is 0.118. The summed E-state index contributed by atoms with van der Waals surface area (Å²) in [6.45, 7) is 3.77. The first-order valence-electron chi connectivity index (χ1n) is 8.15. The normalized spacial score (nSPS) is 12.2. The van der Waals surface area contributed by atoms with E-state index in [-0.39, 0.29) is 29.2 Å². The first kappa shape index (κ1) is 16.8. The monoisotopic (exact) mass is 339 g/mol. The van der Waals surface area contributed by atoms with Crippen molar-refractivity contribution in [3.8, 4) is 28.9 Å². The van der Waals surface area contributed by atoms with Crippen LogP contribution in [-0.4, -0.2) is 25.0 Å². The number of hydrogen-bond donors (Lipinski definition) is 4. The minimum atomic E-state index is -0.120. The molecule has 0 fully saturated rings. The number of aromatic hydroxyl groups is 4. The van der Waals surface area contributed by atoms with Gasteiger partial charge in [-0.1, -0.05) is 19.1 Å². The van der Waals surface area contributed by atoms with Crippen LogP contribution in [0.2, 0.25) is 0 Å². The quantitative estimate of drug-likeness (QED) is 0.575. The second-order valence-corrected chi connectivity index (χ2v) is 6.09. The van der Waals surface area contributed by atoms with E-state index in [2.05, 4.69) is 0 Å². The van der Waals surface area contributed by atoms with Crippen molar-refractivity contribution < 1.29 is 20.4 Å². The summed E-state index contributed by atoms with van der Waals surface area (Å²) in [6, 6.07) is 13.1. The Labute approximate surface area is 146 Å². The van der Waals surface area contributed by atoms with Gasteiger partial charge in [0.05, 0.1) is 5.69 Å². The maximum absolute atomic E-state index is 10.8. The molecule has 0 aliphatic carbocycles. The number of hydrogen-bond acceptors (Lipinski definition) is 4. The lowest BCUT2D eigenvalue weighted by Crippen LogP contribution is -2.01. The van der Waals surface area contributed by atoms with Crippen LogP contribution >= 0.6 is 0 Å². The highest BCUT2D eigenvalue weighted by Gasteiger charge is 2.27. The molecule has 4 N–H and O–H groups in total. The maximum Gasteiger partial charge on any atom is 0.202 e. The van der Waals surface area contributed by atoms with Gasteiger partial charge in [-0.25, -0.2) is 0 Å². The van der Waals surface area contributed by atoms with Crippen LogP contribution in [0, 0.1) is 6.92 Å². The van der Waals surface area contributed by atoms with Gasteiger partial charge in [-0.3, -0.25) is 4.57 Å². The fourth-order valence-electron chi connectivity index (χ4n) is 3.25. The first-order chi connectivity index (χ1) is 11.9. The molecule has 1 unspecified atom stereocenters. The fraction of sp³-hybridized carbons (Fsp3) is 0.200. The van der Waals surface area contributed by atoms with Crippen LogP contribution in [0.15, 0.2) is 48.5 Å². The first-order valence-corrected chi connectivity index (χ1v) is 8.15. The Morgan fingerprint density at radius 2 is 1.32 bits per heavy atom. The molecule has 130 valence electrons. The number of aromatic nitrogens is 1. The molecule has 0 bridgehead atoms. The van der Waals surface area contributed by atoms with Gasteiger partial charge in [0.1, 0.15) is 11.5 Å². The van der Waals surface area contributed by atoms with Crippen LogP contribution in [-0.2, 0) is 0 Å². The van der Waals surface area contributed by atoms with Gasteiger partial charge in [0.2, 0.25) is 11.8 Å². The van der Waals surface area contributed by atoms with E-state index in [1.165, 1.54) is 16.7 Å². The van der Waals surface area contributed by atoms with Gasteiger partial charge >= 0.3 is 0 Å². The predicted molar refractivity (Wildman–Crippen MR) is 95.7 cm³/mol. The molecule has 5 heteroatoms. The Morgan fingerprint density at radius 3 is 1.84 bits per heavy atom. The zero-order valence-corrected chi connectivity index (χ0v) is 14.1. The molecule has 3 aromatic rings. The van der Waals surface area contributed by atoms with Gasteiger partial charge in [-0.15, -0.1) is 0 Å². The Hall–Kier alpha value is -3.08. The van der Waals surface area contributed by atoms with Gasteiger partial charge in [0.15, 0.2) is 0 Å². The third-order valence-electron chi connectivity index (χ3n) is 4.56. The molecule has 25 heavy (non-hydrogen) atoms. The molecule has 0 radical (unpaired) electrons. The lowest BCUT2D eigenvalue weighted by atomic mass is 9.88. The van der Waals surface area contributed by atoms with E-state index in [9.17, 15) is 20.4 Å². The Morgan fingerprint density at radius 1 is 0.800 bits per heavy atom. The second-order valence-electron chi connectivity index (χ2n) is 6.09. The summed E-state index contributed by atoms with van der Waals surface area (Å²) < 4.78 is 1.37. The molecule has 0 aliphatic rings. The Balaban J connectivity index is 2.14. The number of phenolic OH excluding ortho intramolecular Hbond substituents is 2. The molecule has 0 aliphatic heterocycles. The van der Waals surface area contributed by atoms with E-state index in [1.54, 1.807) is 31.2 Å². The third-order valence-corrected chi connectivity index (χ3v) is 4.56. The van der Waals surface area contributed by atoms with Gasteiger partial charge in [0.25, 0.3) is 0 Å². The minimum Gasteiger partial charge on any atom is -0.508 e. The van der Waals surface area contributed by atoms with Gasteiger partial charge in [0, 0.05) is 17.0 Å². The average Bonchev–Trinajstić information content (AvgIpc) is 2.82. The summed E-state index contributed by atoms with van der Waals surface area (Å²) >= 11 is 0. The summed E-state index contributed by atoms with van der Waals surface area (Å²) in [6.07, 6.45) is 0.720. The molecule has 0 spiro atoms. The highest BCUT2D eigenvalue weighted by Crippen LogP contribution is 2.44. The lowest BCUT2D eigenvalue weighted by Gasteiger charge is -2.16. The molecule has 3 rings (SSSR count). The summed E-state index contributed by atoms with van der Waals surface area (Å²) in [5.41, 5.74) is 2.76. The van der Waals surface area contributed by atoms with E-state index in [1.807, 2.05) is 19.1 Å². The molecule has 1 aromatic heterocycles. The van der Waals surface area contributed by atoms with Crippen LogP contribution in [0.25, 0.3) is 5.69 Å². The molecule has 1 atom stereocenters. The fourth-order valence-corrected chi connectivity index (χ4v) is 3.25. The summed E-state index contributed by atoms with van der Waals surface area (Å²) in [5, 5.41) is 40.3. The van der Waals surface area contributed by atoms with Gasteiger partial charge in [-0.05, 0) is 55.3 Å². The van der Waals surface area contributed by atoms with Crippen molar-refractivity contribution in [1.29, 1.82) is 0 Å². The Bertz CT molecular complexity index is 880. The average molecular weight is 339 g/mol. The standard InChI is InChI=1S/C20H21NO4/c1-3-17(13-4-8-15(22)9-5-13)18-12(2)19(24)21(20(18)25)14-6-10-16(23)11-7-14/h4-11,17,22-25H,3H2,1-2H3. The van der Waals surface area contributed by atoms with Crippen molar-refractivity contribution in [3.63, 3.8) is 0 Å². The number of phenols is 2. The summed E-state index contributed by atoms with van der Waals surface area (Å²) in [4.78, 5) is 0. The zero-order chi connectivity index (χ0) is 18.1. The largest absolute Gasteiger partial charge is 0.508 e. The predicted octanol–water partition coefficient (Wildman–Crippen LogP) is 4.15. The zero-order valence-electron chi connectivity index (χ0n) is 14.1. The highest BCUT2D eigenvalue weighted by molar-refractivity contribution is 5.56. The summed E-state index contributed by atoms with van der Waals surface area (Å²) in [7, 11) is 0. The third kappa shape index (κ3) is 2.89. The number of benzene rings is 2. The molecule has 2 aromatic carbocycles. The van der Waals surface area contributed by atoms with Gasteiger partial charge in [-0.2, -0.15) is 0 Å². The molecule has 5 nitrogen and oxygen atoms in total. The highest BCUT2D eigenvalue weighted by atomic mass is 16.3. The smallest absolute Gasteiger partial charge is 0.202 e. The Kier molecular flexibility index (Phi) is 4.31. The maximum atomic E-state index is 10.8.